The molecule has 0 atom stereocenters. The molecule has 0 spiro atoms. The second-order valence-corrected chi connectivity index (χ2v) is 0. The molecule has 0 N–H and O–H groups in total. The van der Waals surface area contributed by atoms with Gasteiger partial charge in [-0.25, -0.2) is 0 Å². The van der Waals surface area contributed by atoms with E-state index in [0.717, 1.165) is 0 Å². The summed E-state index contributed by atoms with van der Waals surface area (Å²) in [5.41, 5.74) is 0. The Bertz CT molecular complexity index is 8.00. The Balaban J connectivity index is -0.00000000500. The van der Waals surface area contributed by atoms with Gasteiger partial charge in [-0.1, -0.05) is 0 Å². The summed E-state index contributed by atoms with van der Waals surface area (Å²) in [5, 5.41) is 0. The van der Waals surface area contributed by atoms with Crippen molar-refractivity contribution >= 4 is 112 Å². The van der Waals surface area contributed by atoms with Crippen LogP contribution < -0.4 is 0 Å². The SMILES string of the molecule is [CaH2].[Cl][K].[MgH2]. The fourth-order valence-corrected chi connectivity index (χ4v) is 0. The van der Waals surface area contributed by atoms with Crippen LogP contribution >= 0.6 is 3.76 Å². The molecule has 4 heteroatoms. The van der Waals surface area contributed by atoms with E-state index in [2.05, 4.69) is 0 Å². The molecule has 0 bridgehead atoms. The van der Waals surface area contributed by atoms with Gasteiger partial charge in [-0.2, -0.15) is 0 Å². The first-order chi connectivity index (χ1) is 1.00. The molecule has 0 saturated carbocycles. The van der Waals surface area contributed by atoms with E-state index in [4.69, 9.17) is 3.76 Å². The molecule has 0 radical (unpaired) electrons. The van der Waals surface area contributed by atoms with Crippen LogP contribution in [0.1, 0.15) is 0 Å². The van der Waals surface area contributed by atoms with E-state index in [9.17, 15) is 0 Å². The Kier molecular flexibility index (Phi) is 61.8. The Morgan fingerprint density at radius 3 is 1.25 bits per heavy atom. The number of hydrogen-bond acceptors (Lipinski definition) is 0. The first kappa shape index (κ1) is 15.7. The molecule has 0 aliphatic heterocycles. The van der Waals surface area contributed by atoms with Crippen molar-refractivity contribution in [1.29, 1.82) is 0 Å². The van der Waals surface area contributed by atoms with Gasteiger partial charge in [0, 0.05) is 0 Å². The Hall–Kier alpha value is 3.95. The molecule has 0 nitrogen and oxygen atoms in total. The van der Waals surface area contributed by atoms with Crippen LogP contribution in [0, 0.1) is 0 Å². The molecule has 4 heavy (non-hydrogen) atoms. The van der Waals surface area contributed by atoms with Gasteiger partial charge in [0.25, 0.3) is 0 Å². The van der Waals surface area contributed by atoms with Gasteiger partial charge in [0.1, 0.15) is 0 Å². The summed E-state index contributed by atoms with van der Waals surface area (Å²) in [6.45, 7) is 0. The zero-order chi connectivity index (χ0) is 2.00. The van der Waals surface area contributed by atoms with Gasteiger partial charge in [0.05, 0.1) is 0 Å². The average Bonchev–Trinajstić information content (AvgIpc) is 1.00. The number of hydrogen-bond donors (Lipinski definition) is 0. The van der Waals surface area contributed by atoms with Crippen molar-refractivity contribution in [2.75, 3.05) is 0 Å². The second-order valence-electron chi connectivity index (χ2n) is 0. The normalized spacial score (nSPS) is 1.75. The van der Waals surface area contributed by atoms with Gasteiger partial charge in [0.2, 0.25) is 0 Å². The van der Waals surface area contributed by atoms with Crippen molar-refractivity contribution in [3.05, 3.63) is 0 Å². The quantitative estimate of drug-likeness (QED) is 0.361. The standard InChI is InChI=1S/Ca.ClH.K.Mg.4H/h;1H;;;;;;/q;;+1;;;;;/p-1. The van der Waals surface area contributed by atoms with Crippen LogP contribution in [0.2, 0.25) is 0 Å². The van der Waals surface area contributed by atoms with Crippen LogP contribution in [0.5, 0.6) is 0 Å². The van der Waals surface area contributed by atoms with Crippen molar-refractivity contribution in [1.82, 2.24) is 0 Å². The minimum absolute atomic E-state index is 0. The van der Waals surface area contributed by atoms with Crippen molar-refractivity contribution in [2.45, 2.75) is 0 Å². The minimum Gasteiger partial charge on any atom is 0.316 e. The molecule has 0 aliphatic rings. The summed E-state index contributed by atoms with van der Waals surface area (Å²) in [4.78, 5) is 0. The van der Waals surface area contributed by atoms with Gasteiger partial charge in [-0.05, 0) is 0 Å². The molecule has 0 amide bonds. The predicted octanol–water partition coefficient (Wildman–Crippen LogP) is -1.52. The summed E-state index contributed by atoms with van der Waals surface area (Å²) >= 11 is 0.535. The molecule has 0 aliphatic carbocycles. The fraction of sp³-hybridized carbons (Fsp3) is 0. The van der Waals surface area contributed by atoms with Crippen molar-refractivity contribution in [3.63, 3.8) is 0 Å². The second kappa shape index (κ2) is 15.8. The molecule has 0 rings (SSSR count). The molecular formula is H4CaClKMg. The summed E-state index contributed by atoms with van der Waals surface area (Å²) in [6, 6.07) is 0. The van der Waals surface area contributed by atoms with E-state index in [1.54, 1.807) is 0 Å². The summed E-state index contributed by atoms with van der Waals surface area (Å²) in [6.07, 6.45) is 0. The van der Waals surface area contributed by atoms with E-state index in [0.29, 0.717) is 47.1 Å². The molecule has 0 saturated heterocycles. The monoisotopic (exact) mass is 142 g/mol. The van der Waals surface area contributed by atoms with Crippen LogP contribution in [0.3, 0.4) is 0 Å². The molecule has 16 valence electrons. The number of halogens is 1. The predicted molar refractivity (Wildman–Crippen MR) is 28.7 cm³/mol. The first-order valence-corrected chi connectivity index (χ1v) is 4.68. The first-order valence-electron chi connectivity index (χ1n) is 0.378. The van der Waals surface area contributed by atoms with Crippen LogP contribution in [0.15, 0.2) is 0 Å². The fourth-order valence-electron chi connectivity index (χ4n) is 0. The molecule has 0 heterocycles. The van der Waals surface area contributed by atoms with Crippen LogP contribution in [0.25, 0.3) is 0 Å². The van der Waals surface area contributed by atoms with Crippen LogP contribution in [-0.2, 0) is 0 Å². The molecular weight excluding hydrogens is 139 g/mol. The third-order valence-corrected chi connectivity index (χ3v) is 0. The molecule has 0 unspecified atom stereocenters. The van der Waals surface area contributed by atoms with E-state index in [1.165, 1.54) is 0 Å². The van der Waals surface area contributed by atoms with Crippen molar-refractivity contribution in [2.24, 2.45) is 0 Å². The van der Waals surface area contributed by atoms with Gasteiger partial charge >= 0.3 is 112 Å². The Morgan fingerprint density at radius 1 is 1.25 bits per heavy atom. The Morgan fingerprint density at radius 2 is 1.25 bits per heavy atom. The van der Waals surface area contributed by atoms with Gasteiger partial charge < -0.3 is 0 Å². The molecule has 0 aromatic heterocycles. The van der Waals surface area contributed by atoms with Crippen LogP contribution in [-0.4, -0.2) is 108 Å². The largest absolute Gasteiger partial charge is 0.316 e. The van der Waals surface area contributed by atoms with Gasteiger partial charge in [-0.3, -0.25) is 0 Å². The molecule has 0 fully saturated rings. The average molecular weight is 143 g/mol. The Labute approximate surface area is 108 Å². The van der Waals surface area contributed by atoms with E-state index < -0.39 is 0 Å². The smallest absolute Gasteiger partial charge is 0.316 e. The van der Waals surface area contributed by atoms with Gasteiger partial charge in [-0.15, -0.1) is 0 Å². The van der Waals surface area contributed by atoms with E-state index in [-0.39, 0.29) is 60.8 Å². The van der Waals surface area contributed by atoms with Gasteiger partial charge in [0.15, 0.2) is 0 Å². The minimum atomic E-state index is 0. The zero-order valence-corrected chi connectivity index (χ0v) is 5.26. The van der Waals surface area contributed by atoms with Crippen molar-refractivity contribution in [3.8, 4) is 0 Å². The molecule has 0 aromatic rings. The maximum atomic E-state index is 4.83. The van der Waals surface area contributed by atoms with Crippen molar-refractivity contribution < 1.29 is 0 Å². The maximum Gasteiger partial charge on any atom is 0.316 e. The maximum absolute atomic E-state index is 4.83. The summed E-state index contributed by atoms with van der Waals surface area (Å²) < 4.78 is 4.83. The van der Waals surface area contributed by atoms with E-state index >= 15 is 0 Å². The number of rotatable bonds is 0. The summed E-state index contributed by atoms with van der Waals surface area (Å²) in [5.74, 6) is 0. The molecule has 0 aromatic carbocycles. The third-order valence-electron chi connectivity index (χ3n) is 0. The summed E-state index contributed by atoms with van der Waals surface area (Å²) in [7, 11) is 0. The third kappa shape index (κ3) is 9.35. The van der Waals surface area contributed by atoms with E-state index in [1.807, 2.05) is 0 Å². The van der Waals surface area contributed by atoms with Crippen LogP contribution in [0.4, 0.5) is 0 Å². The zero-order valence-electron chi connectivity index (χ0n) is 1.38. The topological polar surface area (TPSA) is 0 Å².